The third kappa shape index (κ3) is 3.92. The van der Waals surface area contributed by atoms with Gasteiger partial charge in [-0.05, 0) is 29.8 Å². The van der Waals surface area contributed by atoms with E-state index in [-0.39, 0.29) is 6.61 Å². The summed E-state index contributed by atoms with van der Waals surface area (Å²) in [7, 11) is 1.53. The Labute approximate surface area is 126 Å². The van der Waals surface area contributed by atoms with Crippen molar-refractivity contribution >= 4 is 0 Å². The Morgan fingerprint density at radius 3 is 2.14 bits per heavy atom. The van der Waals surface area contributed by atoms with Crippen LogP contribution in [0.15, 0.2) is 48.5 Å². The summed E-state index contributed by atoms with van der Waals surface area (Å²) < 4.78 is 48.2. The number of hydrogen-bond donors (Lipinski definition) is 1. The fourth-order valence-corrected chi connectivity index (χ4v) is 1.93. The third-order valence-electron chi connectivity index (χ3n) is 3.15. The van der Waals surface area contributed by atoms with Crippen LogP contribution in [-0.4, -0.2) is 13.7 Å². The SMILES string of the molecule is COc1ccccc1OCC(N)c1ccc(C(F)(F)F)cc1. The van der Waals surface area contributed by atoms with Crippen LogP contribution in [0.5, 0.6) is 11.5 Å². The molecule has 6 heteroatoms. The van der Waals surface area contributed by atoms with Crippen LogP contribution in [-0.2, 0) is 6.18 Å². The van der Waals surface area contributed by atoms with Crippen LogP contribution in [0.4, 0.5) is 13.2 Å². The molecule has 1 unspecified atom stereocenters. The molecular weight excluding hydrogens is 295 g/mol. The van der Waals surface area contributed by atoms with Gasteiger partial charge in [-0.15, -0.1) is 0 Å². The van der Waals surface area contributed by atoms with Crippen molar-refractivity contribution in [2.75, 3.05) is 13.7 Å². The van der Waals surface area contributed by atoms with Gasteiger partial charge in [-0.25, -0.2) is 0 Å². The van der Waals surface area contributed by atoms with Crippen molar-refractivity contribution in [3.8, 4) is 11.5 Å². The van der Waals surface area contributed by atoms with E-state index < -0.39 is 17.8 Å². The lowest BCUT2D eigenvalue weighted by Gasteiger charge is -2.16. The van der Waals surface area contributed by atoms with E-state index in [4.69, 9.17) is 15.2 Å². The number of alkyl halides is 3. The maximum atomic E-state index is 12.5. The summed E-state index contributed by atoms with van der Waals surface area (Å²) in [6.45, 7) is 0.131. The third-order valence-corrected chi connectivity index (χ3v) is 3.15. The van der Waals surface area contributed by atoms with Crippen LogP contribution < -0.4 is 15.2 Å². The molecule has 0 aliphatic heterocycles. The Morgan fingerprint density at radius 2 is 1.59 bits per heavy atom. The first kappa shape index (κ1) is 16.2. The monoisotopic (exact) mass is 311 g/mol. The first-order chi connectivity index (χ1) is 10.4. The lowest BCUT2D eigenvalue weighted by molar-refractivity contribution is -0.137. The van der Waals surface area contributed by atoms with Gasteiger partial charge in [-0.1, -0.05) is 24.3 Å². The zero-order chi connectivity index (χ0) is 16.2. The number of hydrogen-bond acceptors (Lipinski definition) is 3. The summed E-state index contributed by atoms with van der Waals surface area (Å²) in [5.41, 5.74) is 5.82. The van der Waals surface area contributed by atoms with Gasteiger partial charge in [-0.3, -0.25) is 0 Å². The molecule has 0 radical (unpaired) electrons. The van der Waals surface area contributed by atoms with Gasteiger partial charge in [0.25, 0.3) is 0 Å². The minimum atomic E-state index is -4.35. The predicted molar refractivity (Wildman–Crippen MR) is 76.9 cm³/mol. The highest BCUT2D eigenvalue weighted by atomic mass is 19.4. The normalized spacial score (nSPS) is 12.8. The highest BCUT2D eigenvalue weighted by Crippen LogP contribution is 2.30. The van der Waals surface area contributed by atoms with E-state index in [0.29, 0.717) is 17.1 Å². The summed E-state index contributed by atoms with van der Waals surface area (Å²) in [5.74, 6) is 1.11. The molecule has 0 aliphatic rings. The number of halogens is 3. The molecule has 0 amide bonds. The molecule has 2 aromatic carbocycles. The van der Waals surface area contributed by atoms with Crippen LogP contribution in [0.1, 0.15) is 17.2 Å². The second-order valence-electron chi connectivity index (χ2n) is 4.69. The summed E-state index contributed by atoms with van der Waals surface area (Å²) in [6, 6.07) is 11.3. The molecule has 2 aromatic rings. The molecule has 0 fully saturated rings. The van der Waals surface area contributed by atoms with Gasteiger partial charge in [-0.2, -0.15) is 13.2 Å². The van der Waals surface area contributed by atoms with Crippen LogP contribution in [0, 0.1) is 0 Å². The second-order valence-corrected chi connectivity index (χ2v) is 4.69. The van der Waals surface area contributed by atoms with Crippen LogP contribution in [0.2, 0.25) is 0 Å². The van der Waals surface area contributed by atoms with Crippen molar-refractivity contribution in [2.45, 2.75) is 12.2 Å². The van der Waals surface area contributed by atoms with E-state index >= 15 is 0 Å². The van der Waals surface area contributed by atoms with E-state index in [9.17, 15) is 13.2 Å². The highest BCUT2D eigenvalue weighted by molar-refractivity contribution is 5.39. The van der Waals surface area contributed by atoms with Crippen LogP contribution >= 0.6 is 0 Å². The maximum absolute atomic E-state index is 12.5. The van der Waals surface area contributed by atoms with Crippen molar-refractivity contribution < 1.29 is 22.6 Å². The van der Waals surface area contributed by atoms with Gasteiger partial charge in [0.15, 0.2) is 11.5 Å². The molecule has 0 aliphatic carbocycles. The number of methoxy groups -OCH3 is 1. The zero-order valence-corrected chi connectivity index (χ0v) is 11.9. The minimum absolute atomic E-state index is 0.131. The second kappa shape index (κ2) is 6.70. The van der Waals surface area contributed by atoms with Crippen molar-refractivity contribution in [3.63, 3.8) is 0 Å². The Bertz CT molecular complexity index is 612. The Balaban J connectivity index is 2.02. The average molecular weight is 311 g/mol. The molecule has 0 saturated heterocycles. The topological polar surface area (TPSA) is 44.5 Å². The molecule has 0 aromatic heterocycles. The number of benzene rings is 2. The summed E-state index contributed by atoms with van der Waals surface area (Å²) >= 11 is 0. The molecule has 0 bridgehead atoms. The number of rotatable bonds is 5. The molecule has 0 spiro atoms. The maximum Gasteiger partial charge on any atom is 0.416 e. The van der Waals surface area contributed by atoms with Gasteiger partial charge in [0, 0.05) is 0 Å². The lowest BCUT2D eigenvalue weighted by Crippen LogP contribution is -2.19. The van der Waals surface area contributed by atoms with Crippen molar-refractivity contribution in [1.82, 2.24) is 0 Å². The smallest absolute Gasteiger partial charge is 0.416 e. The van der Waals surface area contributed by atoms with Crippen molar-refractivity contribution in [3.05, 3.63) is 59.7 Å². The van der Waals surface area contributed by atoms with Crippen LogP contribution in [0.25, 0.3) is 0 Å². The van der Waals surface area contributed by atoms with Gasteiger partial charge in [0.1, 0.15) is 6.61 Å². The first-order valence-corrected chi connectivity index (χ1v) is 6.60. The molecule has 118 valence electrons. The predicted octanol–water partition coefficient (Wildman–Crippen LogP) is 3.79. The molecular formula is C16H16F3NO2. The van der Waals surface area contributed by atoms with Gasteiger partial charge in [0.2, 0.25) is 0 Å². The van der Waals surface area contributed by atoms with Gasteiger partial charge in [0.05, 0.1) is 18.7 Å². The Hall–Kier alpha value is -2.21. The highest BCUT2D eigenvalue weighted by Gasteiger charge is 2.30. The number of nitrogens with two attached hydrogens (primary N) is 1. The molecule has 3 nitrogen and oxygen atoms in total. The number of ether oxygens (including phenoxy) is 2. The fourth-order valence-electron chi connectivity index (χ4n) is 1.93. The standard InChI is InChI=1S/C16H16F3NO2/c1-21-14-4-2-3-5-15(14)22-10-13(20)11-6-8-12(9-7-11)16(17,18)19/h2-9,13H,10,20H2,1H3. The average Bonchev–Trinajstić information content (AvgIpc) is 2.52. The van der Waals surface area contributed by atoms with Crippen LogP contribution in [0.3, 0.4) is 0 Å². The largest absolute Gasteiger partial charge is 0.493 e. The molecule has 0 saturated carbocycles. The van der Waals surface area contributed by atoms with Gasteiger partial charge < -0.3 is 15.2 Å². The summed E-state index contributed by atoms with van der Waals surface area (Å²) in [4.78, 5) is 0. The van der Waals surface area contributed by atoms with Crippen molar-refractivity contribution in [1.29, 1.82) is 0 Å². The van der Waals surface area contributed by atoms with Gasteiger partial charge >= 0.3 is 6.18 Å². The lowest BCUT2D eigenvalue weighted by atomic mass is 10.1. The summed E-state index contributed by atoms with van der Waals surface area (Å²) in [6.07, 6.45) is -4.35. The molecule has 0 heterocycles. The molecule has 2 rings (SSSR count). The van der Waals surface area contributed by atoms with Crippen molar-refractivity contribution in [2.24, 2.45) is 5.73 Å². The van der Waals surface area contributed by atoms with E-state index in [0.717, 1.165) is 12.1 Å². The minimum Gasteiger partial charge on any atom is -0.493 e. The number of para-hydroxylation sites is 2. The van der Waals surface area contributed by atoms with E-state index in [2.05, 4.69) is 0 Å². The van der Waals surface area contributed by atoms with E-state index in [1.54, 1.807) is 18.2 Å². The quantitative estimate of drug-likeness (QED) is 0.913. The zero-order valence-electron chi connectivity index (χ0n) is 11.9. The molecule has 1 atom stereocenters. The molecule has 22 heavy (non-hydrogen) atoms. The first-order valence-electron chi connectivity index (χ1n) is 6.60. The summed E-state index contributed by atoms with van der Waals surface area (Å²) in [5, 5.41) is 0. The Morgan fingerprint density at radius 1 is 1.00 bits per heavy atom. The fraction of sp³-hybridized carbons (Fsp3) is 0.250. The van der Waals surface area contributed by atoms with E-state index in [1.165, 1.54) is 19.2 Å². The van der Waals surface area contributed by atoms with E-state index in [1.807, 2.05) is 6.07 Å². The molecule has 2 N–H and O–H groups in total. The Kier molecular flexibility index (Phi) is 4.92.